The van der Waals surface area contributed by atoms with Crippen LogP contribution in [-0.4, -0.2) is 13.0 Å². The van der Waals surface area contributed by atoms with Gasteiger partial charge in [-0.05, 0) is 19.2 Å². The van der Waals surface area contributed by atoms with E-state index in [9.17, 15) is 4.79 Å². The molecular weight excluding hydrogens is 170 g/mol. The molecule has 0 unspecified atom stereocenters. The number of carbonyl (C=O) groups is 1. The number of hydrogen-bond acceptors (Lipinski definition) is 2. The van der Waals surface area contributed by atoms with Crippen molar-refractivity contribution >= 4 is 22.9 Å². The van der Waals surface area contributed by atoms with Crippen LogP contribution in [0.15, 0.2) is 10.8 Å². The van der Waals surface area contributed by atoms with Gasteiger partial charge in [0.05, 0.1) is 11.1 Å². The number of nitrogens with zero attached hydrogens (tertiary/aromatic N) is 1. The number of carbonyl (C=O) groups excluding carboxylic acids is 1. The molecule has 0 bridgehead atoms. The third-order valence-corrected chi connectivity index (χ3v) is 3.25. The number of likely N-dealkylation sites (N-methyl/N-ethyl adjacent to an activating group) is 1. The Kier molecular flexibility index (Phi) is 1.37. The van der Waals surface area contributed by atoms with Crippen molar-refractivity contribution in [3.05, 3.63) is 16.3 Å². The Labute approximate surface area is 75.8 Å². The van der Waals surface area contributed by atoms with Gasteiger partial charge in [-0.15, -0.1) is 11.3 Å². The lowest BCUT2D eigenvalue weighted by Crippen LogP contribution is -2.33. The summed E-state index contributed by atoms with van der Waals surface area (Å²) in [5.41, 5.74) is 1.93. The molecule has 2 nitrogen and oxygen atoms in total. The molecule has 64 valence electrons. The van der Waals surface area contributed by atoms with Gasteiger partial charge >= 0.3 is 0 Å². The van der Waals surface area contributed by atoms with Crippen molar-refractivity contribution in [2.75, 3.05) is 11.9 Å². The van der Waals surface area contributed by atoms with Crippen LogP contribution in [0.2, 0.25) is 0 Å². The van der Waals surface area contributed by atoms with E-state index in [1.165, 1.54) is 5.56 Å². The van der Waals surface area contributed by atoms with Gasteiger partial charge in [-0.25, -0.2) is 0 Å². The summed E-state index contributed by atoms with van der Waals surface area (Å²) in [5, 5.41) is 4.10. The van der Waals surface area contributed by atoms with Gasteiger partial charge in [0.15, 0.2) is 0 Å². The third-order valence-electron chi connectivity index (χ3n) is 2.52. The highest BCUT2D eigenvalue weighted by Gasteiger charge is 2.42. The second-order valence-electron chi connectivity index (χ2n) is 3.66. The molecule has 12 heavy (non-hydrogen) atoms. The van der Waals surface area contributed by atoms with E-state index in [1.807, 2.05) is 26.3 Å². The van der Waals surface area contributed by atoms with Gasteiger partial charge in [-0.1, -0.05) is 0 Å². The summed E-state index contributed by atoms with van der Waals surface area (Å²) in [6, 6.07) is 0. The van der Waals surface area contributed by atoms with Crippen molar-refractivity contribution in [1.82, 2.24) is 0 Å². The van der Waals surface area contributed by atoms with Crippen LogP contribution >= 0.6 is 11.3 Å². The van der Waals surface area contributed by atoms with Crippen LogP contribution in [0.3, 0.4) is 0 Å². The summed E-state index contributed by atoms with van der Waals surface area (Å²) in [6.07, 6.45) is 0. The molecule has 1 amide bonds. The first-order valence-corrected chi connectivity index (χ1v) is 4.84. The zero-order valence-electron chi connectivity index (χ0n) is 7.42. The Bertz CT molecular complexity index is 340. The average molecular weight is 181 g/mol. The summed E-state index contributed by atoms with van der Waals surface area (Å²) >= 11 is 1.66. The maximum absolute atomic E-state index is 11.7. The maximum atomic E-state index is 11.7. The van der Waals surface area contributed by atoms with Crippen molar-refractivity contribution < 1.29 is 4.79 Å². The molecule has 0 N–H and O–H groups in total. The van der Waals surface area contributed by atoms with E-state index in [-0.39, 0.29) is 11.3 Å². The fourth-order valence-corrected chi connectivity index (χ4v) is 2.69. The Morgan fingerprint density at radius 1 is 1.42 bits per heavy atom. The molecule has 0 saturated heterocycles. The van der Waals surface area contributed by atoms with Gasteiger partial charge in [0.2, 0.25) is 5.91 Å². The van der Waals surface area contributed by atoms with E-state index in [0.29, 0.717) is 0 Å². The summed E-state index contributed by atoms with van der Waals surface area (Å²) in [5.74, 6) is 0.195. The first-order chi connectivity index (χ1) is 5.55. The predicted molar refractivity (Wildman–Crippen MR) is 50.8 cm³/mol. The Morgan fingerprint density at radius 3 is 2.67 bits per heavy atom. The Balaban J connectivity index is 2.64. The molecule has 0 aromatic carbocycles. The fraction of sp³-hybridized carbons (Fsp3) is 0.444. The molecule has 1 aromatic rings. The van der Waals surface area contributed by atoms with Crippen LogP contribution in [0.4, 0.5) is 5.69 Å². The van der Waals surface area contributed by atoms with E-state index in [0.717, 1.165) is 5.69 Å². The molecule has 2 rings (SSSR count). The number of hydrogen-bond donors (Lipinski definition) is 0. The molecule has 0 fully saturated rings. The minimum atomic E-state index is -0.315. The predicted octanol–water partition coefficient (Wildman–Crippen LogP) is 2.00. The SMILES string of the molecule is CN1C(=O)C(C)(C)c2cscc21. The highest BCUT2D eigenvalue weighted by atomic mass is 32.1. The number of rotatable bonds is 0. The van der Waals surface area contributed by atoms with Crippen molar-refractivity contribution in [2.24, 2.45) is 0 Å². The highest BCUT2D eigenvalue weighted by molar-refractivity contribution is 7.08. The van der Waals surface area contributed by atoms with E-state index >= 15 is 0 Å². The maximum Gasteiger partial charge on any atom is 0.236 e. The lowest BCUT2D eigenvalue weighted by Gasteiger charge is -2.16. The van der Waals surface area contributed by atoms with E-state index in [2.05, 4.69) is 5.38 Å². The molecule has 1 aliphatic rings. The van der Waals surface area contributed by atoms with Crippen LogP contribution in [-0.2, 0) is 10.2 Å². The molecule has 0 spiro atoms. The molecular formula is C9H11NOS. The van der Waals surface area contributed by atoms with Crippen LogP contribution in [0.5, 0.6) is 0 Å². The molecule has 0 saturated carbocycles. The van der Waals surface area contributed by atoms with Crippen LogP contribution < -0.4 is 4.90 Å². The lowest BCUT2D eigenvalue weighted by molar-refractivity contribution is -0.121. The minimum Gasteiger partial charge on any atom is -0.314 e. The number of amides is 1. The van der Waals surface area contributed by atoms with E-state index in [4.69, 9.17) is 0 Å². The van der Waals surface area contributed by atoms with Crippen LogP contribution in [0.25, 0.3) is 0 Å². The highest BCUT2D eigenvalue weighted by Crippen LogP contribution is 2.42. The smallest absolute Gasteiger partial charge is 0.236 e. The summed E-state index contributed by atoms with van der Waals surface area (Å²) in [6.45, 7) is 3.95. The van der Waals surface area contributed by atoms with Gasteiger partial charge < -0.3 is 4.90 Å². The van der Waals surface area contributed by atoms with Gasteiger partial charge in [-0.3, -0.25) is 4.79 Å². The topological polar surface area (TPSA) is 20.3 Å². The van der Waals surface area contributed by atoms with E-state index in [1.54, 1.807) is 16.2 Å². The number of thiophene rings is 1. The van der Waals surface area contributed by atoms with Gasteiger partial charge in [-0.2, -0.15) is 0 Å². The summed E-state index contributed by atoms with van der Waals surface area (Å²) in [4.78, 5) is 13.4. The van der Waals surface area contributed by atoms with Crippen LogP contribution in [0.1, 0.15) is 19.4 Å². The Hall–Kier alpha value is -0.830. The molecule has 3 heteroatoms. The Morgan fingerprint density at radius 2 is 2.08 bits per heavy atom. The molecule has 2 heterocycles. The van der Waals surface area contributed by atoms with Crippen LogP contribution in [0, 0.1) is 0 Å². The van der Waals surface area contributed by atoms with E-state index < -0.39 is 0 Å². The number of anilines is 1. The molecule has 1 aromatic heterocycles. The fourth-order valence-electron chi connectivity index (χ4n) is 1.66. The normalized spacial score (nSPS) is 19.9. The molecule has 0 aliphatic carbocycles. The standard InChI is InChI=1S/C9H11NOS/c1-9(2)6-4-12-5-7(6)10(3)8(9)11/h4-5H,1-3H3. The van der Waals surface area contributed by atoms with Gasteiger partial charge in [0.25, 0.3) is 0 Å². The molecule has 0 atom stereocenters. The van der Waals surface area contributed by atoms with Crippen molar-refractivity contribution in [1.29, 1.82) is 0 Å². The summed E-state index contributed by atoms with van der Waals surface area (Å²) in [7, 11) is 1.84. The quantitative estimate of drug-likeness (QED) is 0.599. The lowest BCUT2D eigenvalue weighted by atomic mass is 9.88. The molecule has 0 radical (unpaired) electrons. The number of fused-ring (bicyclic) bond motifs is 1. The second-order valence-corrected chi connectivity index (χ2v) is 4.40. The monoisotopic (exact) mass is 181 g/mol. The van der Waals surface area contributed by atoms with Crippen molar-refractivity contribution in [3.63, 3.8) is 0 Å². The van der Waals surface area contributed by atoms with Gasteiger partial charge in [0.1, 0.15) is 0 Å². The van der Waals surface area contributed by atoms with Crippen molar-refractivity contribution in [3.8, 4) is 0 Å². The largest absolute Gasteiger partial charge is 0.314 e. The first kappa shape index (κ1) is 7.80. The zero-order chi connectivity index (χ0) is 8.93. The van der Waals surface area contributed by atoms with Gasteiger partial charge in [0, 0.05) is 18.0 Å². The third kappa shape index (κ3) is 0.719. The first-order valence-electron chi connectivity index (χ1n) is 3.90. The second kappa shape index (κ2) is 2.10. The zero-order valence-corrected chi connectivity index (χ0v) is 8.23. The molecule has 1 aliphatic heterocycles. The minimum absolute atomic E-state index is 0.195. The van der Waals surface area contributed by atoms with Crippen molar-refractivity contribution in [2.45, 2.75) is 19.3 Å². The average Bonchev–Trinajstić information content (AvgIpc) is 2.54. The summed E-state index contributed by atoms with van der Waals surface area (Å²) < 4.78 is 0.